The van der Waals surface area contributed by atoms with Crippen LogP contribution < -0.4 is 0 Å². The molecule has 1 aliphatic carbocycles. The molecule has 0 heterocycles. The Morgan fingerprint density at radius 3 is 1.65 bits per heavy atom. The fourth-order valence-electron chi connectivity index (χ4n) is 1.97. The lowest BCUT2D eigenvalue weighted by molar-refractivity contribution is -0.165. The number of ether oxygens (including phenoxy) is 2. The van der Waals surface area contributed by atoms with Crippen LogP contribution >= 0.6 is 23.2 Å². The third-order valence-electron chi connectivity index (χ3n) is 3.11. The van der Waals surface area contributed by atoms with Gasteiger partial charge in [-0.3, -0.25) is 9.59 Å². The van der Waals surface area contributed by atoms with Crippen LogP contribution in [0.1, 0.15) is 26.7 Å². The quantitative estimate of drug-likeness (QED) is 0.428. The maximum absolute atomic E-state index is 12.1. The summed E-state index contributed by atoms with van der Waals surface area (Å²) in [6.07, 6.45) is 3.98. The highest BCUT2D eigenvalue weighted by Gasteiger charge is 2.37. The fraction of sp³-hybridized carbons (Fsp3) is 0.714. The van der Waals surface area contributed by atoms with E-state index < -0.39 is 23.8 Å². The average Bonchev–Trinajstić information content (AvgIpc) is 2.46. The van der Waals surface area contributed by atoms with Crippen LogP contribution in [0.5, 0.6) is 0 Å². The summed E-state index contributed by atoms with van der Waals surface area (Å²) in [4.78, 5) is 24.2. The van der Waals surface area contributed by atoms with Crippen molar-refractivity contribution in [2.45, 2.75) is 38.9 Å². The second-order valence-electron chi connectivity index (χ2n) is 4.96. The van der Waals surface area contributed by atoms with E-state index in [1.165, 1.54) is 0 Å². The normalized spacial score (nSPS) is 24.8. The monoisotopic (exact) mass is 322 g/mol. The highest BCUT2D eigenvalue weighted by atomic mass is 35.5. The van der Waals surface area contributed by atoms with E-state index in [1.54, 1.807) is 13.8 Å². The molecule has 0 radical (unpaired) electrons. The molecule has 0 N–H and O–H groups in total. The van der Waals surface area contributed by atoms with Gasteiger partial charge in [-0.15, -0.1) is 23.2 Å². The maximum Gasteiger partial charge on any atom is 0.310 e. The van der Waals surface area contributed by atoms with Gasteiger partial charge in [-0.05, 0) is 26.7 Å². The third kappa shape index (κ3) is 4.98. The first-order valence-electron chi connectivity index (χ1n) is 6.67. The Balaban J connectivity index is 2.69. The summed E-state index contributed by atoms with van der Waals surface area (Å²) < 4.78 is 10.4. The summed E-state index contributed by atoms with van der Waals surface area (Å²) in [6, 6.07) is 0. The minimum atomic E-state index is -0.513. The van der Waals surface area contributed by atoms with Crippen molar-refractivity contribution in [1.29, 1.82) is 0 Å². The fourth-order valence-corrected chi connectivity index (χ4v) is 2.10. The zero-order chi connectivity index (χ0) is 15.1. The van der Waals surface area contributed by atoms with E-state index in [2.05, 4.69) is 0 Å². The summed E-state index contributed by atoms with van der Waals surface area (Å²) in [7, 11) is 0. The van der Waals surface area contributed by atoms with Gasteiger partial charge in [-0.1, -0.05) is 12.2 Å². The lowest BCUT2D eigenvalue weighted by Crippen LogP contribution is -2.36. The lowest BCUT2D eigenvalue weighted by atomic mass is 9.83. The van der Waals surface area contributed by atoms with E-state index in [0.717, 1.165) is 0 Å². The van der Waals surface area contributed by atoms with Crippen molar-refractivity contribution < 1.29 is 19.1 Å². The van der Waals surface area contributed by atoms with Crippen molar-refractivity contribution in [3.63, 3.8) is 0 Å². The first kappa shape index (κ1) is 17.3. The van der Waals surface area contributed by atoms with Gasteiger partial charge in [0.15, 0.2) is 0 Å². The molecule has 0 saturated heterocycles. The number of alkyl halides is 2. The summed E-state index contributed by atoms with van der Waals surface area (Å²) in [6.45, 7) is 3.43. The molecule has 4 unspecified atom stereocenters. The molecule has 0 aromatic carbocycles. The van der Waals surface area contributed by atoms with Crippen molar-refractivity contribution in [2.24, 2.45) is 11.8 Å². The predicted molar refractivity (Wildman–Crippen MR) is 77.9 cm³/mol. The Bertz CT molecular complexity index is 336. The molecule has 0 aromatic rings. The van der Waals surface area contributed by atoms with E-state index in [0.29, 0.717) is 12.8 Å². The van der Waals surface area contributed by atoms with Crippen molar-refractivity contribution >= 4 is 35.1 Å². The molecule has 0 spiro atoms. The summed E-state index contributed by atoms with van der Waals surface area (Å²) in [5, 5.41) is 0. The Hall–Kier alpha value is -0.740. The number of hydrogen-bond acceptors (Lipinski definition) is 4. The van der Waals surface area contributed by atoms with Gasteiger partial charge in [0.05, 0.1) is 23.6 Å². The number of hydrogen-bond donors (Lipinski definition) is 0. The van der Waals surface area contributed by atoms with Crippen LogP contribution in [0.25, 0.3) is 0 Å². The van der Waals surface area contributed by atoms with Gasteiger partial charge < -0.3 is 9.47 Å². The number of halogens is 2. The van der Waals surface area contributed by atoms with Gasteiger partial charge in [0.25, 0.3) is 0 Å². The molecular weight excluding hydrogens is 303 g/mol. The van der Waals surface area contributed by atoms with Crippen LogP contribution in [-0.4, -0.2) is 35.9 Å². The van der Waals surface area contributed by atoms with Gasteiger partial charge in [-0.25, -0.2) is 0 Å². The standard InChI is InChI=1S/C14H20Cl2O4/c1-9(7-15)19-13(17)11-5-3-4-6-12(11)14(18)20-10(2)8-16/h3-4,9-12H,5-8H2,1-2H3. The Morgan fingerprint density at radius 1 is 1.00 bits per heavy atom. The maximum atomic E-state index is 12.1. The molecule has 114 valence electrons. The third-order valence-corrected chi connectivity index (χ3v) is 3.98. The Morgan fingerprint density at radius 2 is 1.35 bits per heavy atom. The molecule has 0 bridgehead atoms. The molecule has 4 atom stereocenters. The van der Waals surface area contributed by atoms with Crippen LogP contribution in [0.15, 0.2) is 12.2 Å². The molecule has 0 fully saturated rings. The SMILES string of the molecule is CC(CCl)OC(=O)C1CC=CCC1C(=O)OC(C)CCl. The molecule has 1 aliphatic rings. The van der Waals surface area contributed by atoms with Crippen LogP contribution in [0.3, 0.4) is 0 Å². The number of carbonyl (C=O) groups is 2. The van der Waals surface area contributed by atoms with E-state index in [1.807, 2.05) is 12.2 Å². The molecule has 0 saturated carbocycles. The minimum absolute atomic E-state index is 0.229. The molecular formula is C14H20Cl2O4. The van der Waals surface area contributed by atoms with Crippen LogP contribution in [0, 0.1) is 11.8 Å². The Labute approximate surface area is 129 Å². The average molecular weight is 323 g/mol. The second-order valence-corrected chi connectivity index (χ2v) is 5.58. The first-order valence-corrected chi connectivity index (χ1v) is 7.74. The Kier molecular flexibility index (Phi) is 7.38. The van der Waals surface area contributed by atoms with Crippen LogP contribution in [0.2, 0.25) is 0 Å². The summed E-state index contributed by atoms with van der Waals surface area (Å²) in [5.41, 5.74) is 0. The molecule has 20 heavy (non-hydrogen) atoms. The molecule has 4 nitrogen and oxygen atoms in total. The number of esters is 2. The minimum Gasteiger partial charge on any atom is -0.461 e. The summed E-state index contributed by atoms with van der Waals surface area (Å²) in [5.74, 6) is -1.37. The van der Waals surface area contributed by atoms with Gasteiger partial charge in [0.2, 0.25) is 0 Å². The molecule has 0 aromatic heterocycles. The summed E-state index contributed by atoms with van der Waals surface area (Å²) >= 11 is 11.2. The number of carbonyl (C=O) groups excluding carboxylic acids is 2. The van der Waals surface area contributed by atoms with E-state index in [-0.39, 0.29) is 24.0 Å². The van der Waals surface area contributed by atoms with E-state index in [4.69, 9.17) is 32.7 Å². The van der Waals surface area contributed by atoms with Crippen molar-refractivity contribution in [2.75, 3.05) is 11.8 Å². The van der Waals surface area contributed by atoms with E-state index in [9.17, 15) is 9.59 Å². The topological polar surface area (TPSA) is 52.6 Å². The van der Waals surface area contributed by atoms with Gasteiger partial charge in [0, 0.05) is 0 Å². The van der Waals surface area contributed by atoms with Crippen LogP contribution in [0.4, 0.5) is 0 Å². The molecule has 0 amide bonds. The number of allylic oxidation sites excluding steroid dienone is 2. The van der Waals surface area contributed by atoms with Gasteiger partial charge in [0.1, 0.15) is 12.2 Å². The van der Waals surface area contributed by atoms with Crippen molar-refractivity contribution in [3.8, 4) is 0 Å². The number of rotatable bonds is 6. The predicted octanol–water partition coefficient (Wildman–Crippen LogP) is 2.91. The van der Waals surface area contributed by atoms with Gasteiger partial charge >= 0.3 is 11.9 Å². The molecule has 0 aliphatic heterocycles. The van der Waals surface area contributed by atoms with Gasteiger partial charge in [-0.2, -0.15) is 0 Å². The van der Waals surface area contributed by atoms with Crippen LogP contribution in [-0.2, 0) is 19.1 Å². The lowest BCUT2D eigenvalue weighted by Gasteiger charge is -2.27. The van der Waals surface area contributed by atoms with Crippen molar-refractivity contribution in [1.82, 2.24) is 0 Å². The molecule has 6 heteroatoms. The highest BCUT2D eigenvalue weighted by molar-refractivity contribution is 6.18. The van der Waals surface area contributed by atoms with Crippen molar-refractivity contribution in [3.05, 3.63) is 12.2 Å². The molecule has 1 rings (SSSR count). The zero-order valence-electron chi connectivity index (χ0n) is 11.7. The largest absolute Gasteiger partial charge is 0.461 e. The van der Waals surface area contributed by atoms with E-state index >= 15 is 0 Å². The zero-order valence-corrected chi connectivity index (χ0v) is 13.2. The first-order chi connectivity index (χ1) is 9.49. The highest BCUT2D eigenvalue weighted by Crippen LogP contribution is 2.28. The smallest absolute Gasteiger partial charge is 0.310 e. The second kappa shape index (κ2) is 8.53.